The summed E-state index contributed by atoms with van der Waals surface area (Å²) in [4.78, 5) is 23.5. The van der Waals surface area contributed by atoms with Crippen LogP contribution >= 0.6 is 12.2 Å². The summed E-state index contributed by atoms with van der Waals surface area (Å²) in [7, 11) is 2.75. The molecule has 6 nitrogen and oxygen atoms in total. The van der Waals surface area contributed by atoms with Gasteiger partial charge in [-0.1, -0.05) is 26.0 Å². The normalized spacial score (nSPS) is 13.5. The number of ether oxygens (including phenoxy) is 2. The fourth-order valence-electron chi connectivity index (χ4n) is 2.72. The first-order chi connectivity index (χ1) is 11.4. The Kier molecular flexibility index (Phi) is 5.77. The largest absolute Gasteiger partial charge is 0.469 e. The minimum Gasteiger partial charge on any atom is -0.469 e. The molecular formula is C17H22N2O4S. The van der Waals surface area contributed by atoms with E-state index in [0.717, 1.165) is 11.0 Å². The number of benzene rings is 1. The van der Waals surface area contributed by atoms with E-state index in [0.29, 0.717) is 17.9 Å². The van der Waals surface area contributed by atoms with Gasteiger partial charge in [-0.2, -0.15) is 0 Å². The SMILES string of the molecule is COC(=O)C(C)Cn1c(=S)n(CC(C)C(=O)OC)c2ccccc21. The van der Waals surface area contributed by atoms with E-state index in [1.807, 2.05) is 33.4 Å². The van der Waals surface area contributed by atoms with E-state index in [1.54, 1.807) is 13.8 Å². The van der Waals surface area contributed by atoms with Crippen LogP contribution in [-0.2, 0) is 32.2 Å². The summed E-state index contributed by atoms with van der Waals surface area (Å²) in [6.45, 7) is 4.45. The Labute approximate surface area is 146 Å². The van der Waals surface area contributed by atoms with Crippen LogP contribution in [0.15, 0.2) is 24.3 Å². The van der Waals surface area contributed by atoms with Crippen LogP contribution in [-0.4, -0.2) is 35.3 Å². The summed E-state index contributed by atoms with van der Waals surface area (Å²) in [5.74, 6) is -1.20. The van der Waals surface area contributed by atoms with Crippen molar-refractivity contribution in [3.8, 4) is 0 Å². The van der Waals surface area contributed by atoms with Gasteiger partial charge in [0.05, 0.1) is 37.1 Å². The number of hydrogen-bond acceptors (Lipinski definition) is 5. The summed E-state index contributed by atoms with van der Waals surface area (Å²) in [5.41, 5.74) is 1.85. The number of hydrogen-bond donors (Lipinski definition) is 0. The van der Waals surface area contributed by atoms with E-state index >= 15 is 0 Å². The molecule has 0 aliphatic carbocycles. The zero-order valence-corrected chi connectivity index (χ0v) is 15.1. The molecular weight excluding hydrogens is 328 g/mol. The Bertz CT molecular complexity index is 745. The second kappa shape index (κ2) is 7.61. The second-order valence-electron chi connectivity index (χ2n) is 5.84. The molecule has 0 aliphatic rings. The maximum absolute atomic E-state index is 11.7. The lowest BCUT2D eigenvalue weighted by Crippen LogP contribution is -2.20. The molecule has 0 radical (unpaired) electrons. The Hall–Kier alpha value is -2.15. The van der Waals surface area contributed by atoms with Gasteiger partial charge in [0.1, 0.15) is 0 Å². The lowest BCUT2D eigenvalue weighted by molar-refractivity contribution is -0.145. The van der Waals surface area contributed by atoms with Crippen LogP contribution in [0.5, 0.6) is 0 Å². The summed E-state index contributed by atoms with van der Waals surface area (Å²) >= 11 is 5.60. The first-order valence-electron chi connectivity index (χ1n) is 7.74. The minimum absolute atomic E-state index is 0.281. The van der Waals surface area contributed by atoms with Crippen molar-refractivity contribution in [3.63, 3.8) is 0 Å². The lowest BCUT2D eigenvalue weighted by Gasteiger charge is -2.12. The third-order valence-corrected chi connectivity index (χ3v) is 4.49. The molecule has 2 unspecified atom stereocenters. The number of esters is 2. The molecule has 0 fully saturated rings. The van der Waals surface area contributed by atoms with Crippen LogP contribution in [0.3, 0.4) is 0 Å². The summed E-state index contributed by atoms with van der Waals surface area (Å²) in [6, 6.07) is 7.75. The molecule has 0 N–H and O–H groups in total. The molecule has 0 bridgehead atoms. The van der Waals surface area contributed by atoms with Crippen molar-refractivity contribution in [2.45, 2.75) is 26.9 Å². The number of para-hydroxylation sites is 2. The fraction of sp³-hybridized carbons (Fsp3) is 0.471. The van der Waals surface area contributed by atoms with Crippen LogP contribution in [0.25, 0.3) is 11.0 Å². The number of aromatic nitrogens is 2. The molecule has 24 heavy (non-hydrogen) atoms. The van der Waals surface area contributed by atoms with Gasteiger partial charge in [0.2, 0.25) is 0 Å². The van der Waals surface area contributed by atoms with Gasteiger partial charge >= 0.3 is 11.9 Å². The summed E-state index contributed by atoms with van der Waals surface area (Å²) < 4.78 is 14.0. The molecule has 130 valence electrons. The van der Waals surface area contributed by atoms with Crippen molar-refractivity contribution in [2.24, 2.45) is 11.8 Å². The van der Waals surface area contributed by atoms with Gasteiger partial charge in [0.25, 0.3) is 0 Å². The molecule has 0 amide bonds. The van der Waals surface area contributed by atoms with Crippen molar-refractivity contribution >= 4 is 35.2 Å². The third kappa shape index (κ3) is 3.51. The predicted octanol–water partition coefficient (Wildman–Crippen LogP) is 2.79. The monoisotopic (exact) mass is 350 g/mol. The van der Waals surface area contributed by atoms with Crippen molar-refractivity contribution < 1.29 is 19.1 Å². The average molecular weight is 350 g/mol. The molecule has 1 aromatic heterocycles. The molecule has 1 aromatic carbocycles. The van der Waals surface area contributed by atoms with E-state index in [-0.39, 0.29) is 23.8 Å². The predicted molar refractivity (Wildman–Crippen MR) is 93.1 cm³/mol. The molecule has 0 spiro atoms. The first-order valence-corrected chi connectivity index (χ1v) is 8.15. The second-order valence-corrected chi connectivity index (χ2v) is 6.21. The molecule has 1 heterocycles. The molecule has 0 saturated heterocycles. The van der Waals surface area contributed by atoms with Gasteiger partial charge in [-0.25, -0.2) is 0 Å². The zero-order chi connectivity index (χ0) is 17.9. The van der Waals surface area contributed by atoms with Gasteiger partial charge in [-0.15, -0.1) is 0 Å². The van der Waals surface area contributed by atoms with E-state index in [1.165, 1.54) is 14.2 Å². The van der Waals surface area contributed by atoms with Crippen molar-refractivity contribution in [2.75, 3.05) is 14.2 Å². The van der Waals surface area contributed by atoms with E-state index in [9.17, 15) is 9.59 Å². The van der Waals surface area contributed by atoms with Crippen molar-refractivity contribution in [3.05, 3.63) is 29.0 Å². The Morgan fingerprint density at radius 2 is 1.33 bits per heavy atom. The average Bonchev–Trinajstić information content (AvgIpc) is 2.85. The fourth-order valence-corrected chi connectivity index (χ4v) is 3.07. The molecule has 7 heteroatoms. The Morgan fingerprint density at radius 1 is 0.958 bits per heavy atom. The van der Waals surface area contributed by atoms with Crippen LogP contribution < -0.4 is 0 Å². The topological polar surface area (TPSA) is 62.5 Å². The molecule has 2 rings (SSSR count). The first kappa shape index (κ1) is 18.2. The highest BCUT2D eigenvalue weighted by molar-refractivity contribution is 7.71. The minimum atomic E-state index is -0.320. The van der Waals surface area contributed by atoms with Crippen molar-refractivity contribution in [1.29, 1.82) is 0 Å². The maximum Gasteiger partial charge on any atom is 0.310 e. The Balaban J connectivity index is 2.46. The van der Waals surface area contributed by atoms with Crippen LogP contribution in [0.4, 0.5) is 0 Å². The van der Waals surface area contributed by atoms with E-state index in [4.69, 9.17) is 21.7 Å². The summed E-state index contributed by atoms with van der Waals surface area (Å²) in [6.07, 6.45) is 0. The molecule has 0 saturated carbocycles. The lowest BCUT2D eigenvalue weighted by atomic mass is 10.2. The Morgan fingerprint density at radius 3 is 1.67 bits per heavy atom. The number of carbonyl (C=O) groups excluding carboxylic acids is 2. The van der Waals surface area contributed by atoms with Gasteiger partial charge in [-0.3, -0.25) is 9.59 Å². The number of imidazole rings is 1. The van der Waals surface area contributed by atoms with E-state index < -0.39 is 0 Å². The highest BCUT2D eigenvalue weighted by Gasteiger charge is 2.20. The maximum atomic E-state index is 11.7. The number of nitrogens with zero attached hydrogens (tertiary/aromatic N) is 2. The zero-order valence-electron chi connectivity index (χ0n) is 14.3. The standard InChI is InChI=1S/C17H22N2O4S/c1-11(15(20)22-3)9-18-13-7-5-6-8-14(13)19(17(18)24)10-12(2)16(21)23-4/h5-8,11-12H,9-10H2,1-4H3. The molecule has 2 aromatic rings. The number of rotatable bonds is 6. The summed E-state index contributed by atoms with van der Waals surface area (Å²) in [5, 5.41) is 0. The van der Waals surface area contributed by atoms with Gasteiger partial charge < -0.3 is 18.6 Å². The molecule has 2 atom stereocenters. The molecule has 0 aliphatic heterocycles. The highest BCUT2D eigenvalue weighted by Crippen LogP contribution is 2.21. The highest BCUT2D eigenvalue weighted by atomic mass is 32.1. The number of methoxy groups -OCH3 is 2. The van der Waals surface area contributed by atoms with Gasteiger partial charge in [0, 0.05) is 13.1 Å². The van der Waals surface area contributed by atoms with Gasteiger partial charge in [-0.05, 0) is 24.4 Å². The van der Waals surface area contributed by atoms with E-state index in [2.05, 4.69) is 0 Å². The smallest absolute Gasteiger partial charge is 0.310 e. The van der Waals surface area contributed by atoms with Crippen LogP contribution in [0.1, 0.15) is 13.8 Å². The van der Waals surface area contributed by atoms with Gasteiger partial charge in [0.15, 0.2) is 4.77 Å². The van der Waals surface area contributed by atoms with Crippen LogP contribution in [0.2, 0.25) is 0 Å². The third-order valence-electron chi connectivity index (χ3n) is 4.05. The van der Waals surface area contributed by atoms with Crippen molar-refractivity contribution in [1.82, 2.24) is 9.13 Å². The number of carbonyl (C=O) groups is 2. The number of fused-ring (bicyclic) bond motifs is 1. The quantitative estimate of drug-likeness (QED) is 0.592. The van der Waals surface area contributed by atoms with Crippen LogP contribution in [0, 0.1) is 16.6 Å².